The van der Waals surface area contributed by atoms with Crippen LogP contribution < -0.4 is 20.9 Å². The molecule has 1 aliphatic heterocycles. The second-order valence-corrected chi connectivity index (χ2v) is 12.6. The number of hydrogen-bond acceptors (Lipinski definition) is 11. The first-order valence-electron chi connectivity index (χ1n) is 12.5. The number of aliphatic hydroxyl groups is 1. The van der Waals surface area contributed by atoms with E-state index in [2.05, 4.69) is 5.09 Å². The number of benzene rings is 1. The third kappa shape index (κ3) is 6.28. The van der Waals surface area contributed by atoms with E-state index in [0.717, 1.165) is 39.4 Å². The molecule has 4 N–H and O–H groups in total. The van der Waals surface area contributed by atoms with E-state index in [0.29, 0.717) is 0 Å². The number of H-pyrrole nitrogens is 1. The van der Waals surface area contributed by atoms with Crippen LogP contribution in [0.25, 0.3) is 10.1 Å². The Hall–Kier alpha value is -2.71. The van der Waals surface area contributed by atoms with Crippen molar-refractivity contribution in [1.82, 2.24) is 14.6 Å². The number of thiophene rings is 1. The number of nitrogens with one attached hydrogen (secondary N) is 2. The van der Waals surface area contributed by atoms with E-state index in [-0.39, 0.29) is 5.75 Å². The van der Waals surface area contributed by atoms with Crippen LogP contribution in [0.5, 0.6) is 5.75 Å². The van der Waals surface area contributed by atoms with Gasteiger partial charge in [-0.05, 0) is 57.7 Å². The molecule has 1 fully saturated rings. The van der Waals surface area contributed by atoms with Gasteiger partial charge in [-0.3, -0.25) is 23.7 Å². The third-order valence-corrected chi connectivity index (χ3v) is 8.99. The third-order valence-electron chi connectivity index (χ3n) is 6.26. The molecule has 3 heterocycles. The number of fused-ring (bicyclic) bond motifs is 1. The highest BCUT2D eigenvalue weighted by Gasteiger charge is 2.57. The van der Waals surface area contributed by atoms with Crippen molar-refractivity contribution in [3.05, 3.63) is 62.2 Å². The number of rotatable bonds is 10. The summed E-state index contributed by atoms with van der Waals surface area (Å²) in [6.45, 7) is 7.14. The minimum atomic E-state index is -4.15. The van der Waals surface area contributed by atoms with Gasteiger partial charge in [-0.25, -0.2) is 9.18 Å². The number of ether oxygens (including phenoxy) is 2. The predicted molar refractivity (Wildman–Crippen MR) is 147 cm³/mol. The van der Waals surface area contributed by atoms with Gasteiger partial charge in [0.15, 0.2) is 17.6 Å². The van der Waals surface area contributed by atoms with Crippen LogP contribution in [0.3, 0.4) is 0 Å². The lowest BCUT2D eigenvalue weighted by Gasteiger charge is -2.24. The van der Waals surface area contributed by atoms with Gasteiger partial charge in [-0.1, -0.05) is 11.2 Å². The second-order valence-electron chi connectivity index (χ2n) is 9.93. The minimum absolute atomic E-state index is 0.282. The van der Waals surface area contributed by atoms with Crippen molar-refractivity contribution in [2.75, 3.05) is 6.61 Å². The first-order chi connectivity index (χ1) is 18.7. The van der Waals surface area contributed by atoms with E-state index in [9.17, 15) is 24.4 Å². The van der Waals surface area contributed by atoms with Crippen LogP contribution in [0, 0.1) is 6.92 Å². The Balaban J connectivity index is 1.60. The zero-order valence-corrected chi connectivity index (χ0v) is 24.2. The maximum atomic E-state index is 15.6. The van der Waals surface area contributed by atoms with Crippen molar-refractivity contribution in [2.45, 2.75) is 70.9 Å². The fraction of sp³-hybridized carbons (Fsp3) is 0.480. The summed E-state index contributed by atoms with van der Waals surface area (Å²) in [6.07, 6.45) is -4.13. The van der Waals surface area contributed by atoms with Crippen LogP contribution in [-0.2, 0) is 18.8 Å². The molecule has 0 aliphatic carbocycles. The van der Waals surface area contributed by atoms with Crippen LogP contribution >= 0.6 is 19.4 Å². The van der Waals surface area contributed by atoms with E-state index in [1.54, 1.807) is 26.0 Å². The number of nitrogens with zero attached hydrogens (tertiary/aromatic N) is 1. The van der Waals surface area contributed by atoms with Gasteiger partial charge in [0.1, 0.15) is 24.9 Å². The predicted octanol–water partition coefficient (Wildman–Crippen LogP) is 2.74. The molecule has 0 spiro atoms. The van der Waals surface area contributed by atoms with Crippen molar-refractivity contribution in [3.8, 4) is 5.75 Å². The number of carbonyl (C=O) groups excluding carboxylic acids is 1. The summed E-state index contributed by atoms with van der Waals surface area (Å²) in [5, 5.41) is 16.1. The Morgan fingerprint density at radius 1 is 1.32 bits per heavy atom. The molecule has 0 amide bonds. The van der Waals surface area contributed by atoms with Gasteiger partial charge in [-0.2, -0.15) is 9.42 Å². The topological polar surface area (TPSA) is 161 Å². The van der Waals surface area contributed by atoms with Gasteiger partial charge in [0.05, 0.1) is 6.10 Å². The Labute approximate surface area is 233 Å². The minimum Gasteiger partial charge on any atom is -0.462 e. The molecular weight excluding hydrogens is 568 g/mol. The fourth-order valence-electron chi connectivity index (χ4n) is 4.28. The van der Waals surface area contributed by atoms with E-state index >= 15 is 4.39 Å². The number of esters is 1. The number of aromatic nitrogens is 2. The molecule has 12 nitrogen and oxygen atoms in total. The maximum Gasteiger partial charge on any atom is 0.544 e. The van der Waals surface area contributed by atoms with Gasteiger partial charge in [0.25, 0.3) is 5.56 Å². The molecule has 6 atom stereocenters. The number of halogens is 1. The summed E-state index contributed by atoms with van der Waals surface area (Å²) >= 11 is 1.48. The molecule has 3 aromatic rings. The number of hydrogen-bond donors (Lipinski definition) is 4. The quantitative estimate of drug-likeness (QED) is 0.201. The molecule has 1 aliphatic rings. The van der Waals surface area contributed by atoms with E-state index < -0.39 is 68.2 Å². The molecule has 4 rings (SSSR count). The van der Waals surface area contributed by atoms with E-state index in [1.165, 1.54) is 18.3 Å². The summed E-state index contributed by atoms with van der Waals surface area (Å²) in [5.74, 6) is -0.388. The Morgan fingerprint density at radius 2 is 2.05 bits per heavy atom. The van der Waals surface area contributed by atoms with Gasteiger partial charge < -0.3 is 14.6 Å². The highest BCUT2D eigenvalue weighted by atomic mass is 32.1. The van der Waals surface area contributed by atoms with Crippen molar-refractivity contribution in [3.63, 3.8) is 0 Å². The van der Waals surface area contributed by atoms with Crippen molar-refractivity contribution < 1.29 is 37.7 Å². The van der Waals surface area contributed by atoms with Crippen molar-refractivity contribution in [1.29, 1.82) is 0 Å². The molecule has 1 aromatic carbocycles. The van der Waals surface area contributed by atoms with Crippen LogP contribution in [0.4, 0.5) is 4.39 Å². The lowest BCUT2D eigenvalue weighted by molar-refractivity contribution is -0.149. The highest BCUT2D eigenvalue weighted by Crippen LogP contribution is 2.55. The molecule has 2 aromatic heterocycles. The molecule has 0 radical (unpaired) electrons. The fourth-order valence-corrected chi connectivity index (χ4v) is 6.78. The summed E-state index contributed by atoms with van der Waals surface area (Å²) in [6, 6.07) is 5.20. The molecule has 1 saturated heterocycles. The number of aryl methyl sites for hydroxylation is 1. The van der Waals surface area contributed by atoms with Gasteiger partial charge >= 0.3 is 19.8 Å². The van der Waals surface area contributed by atoms with Gasteiger partial charge in [0, 0.05) is 22.3 Å². The number of aromatic amines is 1. The Kier molecular flexibility index (Phi) is 8.81. The SMILES string of the molecule is Cc1csc2cccc(O[P+](O)(N[C@@H](C)C(=O)OC(C)C)OC[C@H]3O[C@@H](n4ccc(=O)[nH]c4=O)[C@](C)(F)[C@@H]3O)c12. The number of carbonyl (C=O) groups is 1. The highest BCUT2D eigenvalue weighted by molar-refractivity contribution is 7.59. The Bertz CT molecular complexity index is 1490. The number of aliphatic hydroxyl groups excluding tert-OH is 1. The smallest absolute Gasteiger partial charge is 0.462 e. The zero-order valence-electron chi connectivity index (χ0n) is 22.5. The molecule has 0 bridgehead atoms. The average Bonchev–Trinajstić information content (AvgIpc) is 3.35. The first-order valence-corrected chi connectivity index (χ1v) is 14.9. The molecular formula is C25H32FN3O9PS+. The van der Waals surface area contributed by atoms with E-state index in [4.69, 9.17) is 18.5 Å². The van der Waals surface area contributed by atoms with Gasteiger partial charge in [0.2, 0.25) is 0 Å². The number of alkyl halides is 1. The van der Waals surface area contributed by atoms with Crippen molar-refractivity contribution >= 4 is 35.5 Å². The zero-order chi connectivity index (χ0) is 29.4. The van der Waals surface area contributed by atoms with Crippen LogP contribution in [-0.4, -0.2) is 62.1 Å². The molecule has 0 saturated carbocycles. The summed E-state index contributed by atoms with van der Waals surface area (Å²) in [4.78, 5) is 49.8. The second kappa shape index (κ2) is 11.6. The van der Waals surface area contributed by atoms with Crippen LogP contribution in [0.1, 0.15) is 39.5 Å². The van der Waals surface area contributed by atoms with Gasteiger partial charge in [-0.15, -0.1) is 11.3 Å². The van der Waals surface area contributed by atoms with Crippen molar-refractivity contribution in [2.24, 2.45) is 0 Å². The standard InChI is InChI=1S/C25H31FN3O9PS/c1-13(2)36-22(32)15(4)28-39(34,38-16-7-6-8-18-20(16)14(3)12-40-18)35-11-17-21(31)25(5,26)23(37-17)29-10-9-19(30)27-24(29)33/h6-10,12-13,15,17,21,23,28,31,34H,11H2,1-5H3/p+1/t15-,17+,21+,23+,25+,39?/m0/s1. The summed E-state index contributed by atoms with van der Waals surface area (Å²) in [7, 11) is -4.15. The first kappa shape index (κ1) is 30.3. The average molecular weight is 601 g/mol. The van der Waals surface area contributed by atoms with E-state index in [1.807, 2.05) is 23.4 Å². The summed E-state index contributed by atoms with van der Waals surface area (Å²) < 4.78 is 39.9. The van der Waals surface area contributed by atoms with Crippen LogP contribution in [0.15, 0.2) is 45.4 Å². The summed E-state index contributed by atoms with van der Waals surface area (Å²) in [5.41, 5.74) is -3.19. The lowest BCUT2D eigenvalue weighted by Crippen LogP contribution is -2.44. The van der Waals surface area contributed by atoms with Crippen LogP contribution in [0.2, 0.25) is 0 Å². The molecule has 1 unspecified atom stereocenters. The normalized spacial score (nSPS) is 25.2. The Morgan fingerprint density at radius 3 is 2.73 bits per heavy atom. The maximum absolute atomic E-state index is 15.6. The monoisotopic (exact) mass is 600 g/mol. The molecule has 15 heteroatoms. The molecule has 218 valence electrons. The lowest BCUT2D eigenvalue weighted by atomic mass is 9.98. The largest absolute Gasteiger partial charge is 0.544 e. The molecule has 40 heavy (non-hydrogen) atoms.